The lowest BCUT2D eigenvalue weighted by Crippen LogP contribution is -2.64. The average Bonchev–Trinajstić information content (AvgIpc) is 3.23. The zero-order chi connectivity index (χ0) is 44.3. The van der Waals surface area contributed by atoms with E-state index in [0.29, 0.717) is 19.3 Å². The molecule has 6 unspecified atom stereocenters. The van der Waals surface area contributed by atoms with Gasteiger partial charge >= 0.3 is 7.82 Å². The molecule has 1 rings (SSSR count). The largest absolute Gasteiger partial charge is 0.472 e. The third-order valence-electron chi connectivity index (χ3n) is 12.4. The van der Waals surface area contributed by atoms with Gasteiger partial charge in [0.1, 0.15) is 36.6 Å². The smallest absolute Gasteiger partial charge is 0.391 e. The van der Waals surface area contributed by atoms with E-state index >= 15 is 0 Å². The van der Waals surface area contributed by atoms with E-state index in [-0.39, 0.29) is 12.3 Å². The summed E-state index contributed by atoms with van der Waals surface area (Å²) in [5.74, 6) is -0.303. The van der Waals surface area contributed by atoms with Gasteiger partial charge in [0.15, 0.2) is 0 Å². The normalized spacial score (nSPS) is 22.8. The standard InChI is InChI=1S/C47H94NO11P/c1-3-5-7-9-11-13-15-17-19-20-21-22-23-25-27-29-31-33-35-37-41(50)48-39(38-58-60(56,57)59-47-45(54)43(52)42(51)44(53)46(47)55)40(49)36-34-32-30-28-26-24-18-16-14-12-10-8-6-4-2/h39-40,42-47,49,51-55H,3-38H2,1-2H3,(H,48,50)(H,56,57)/t39-,40+,42?,43+,44?,45?,46?,47?/m0/s1. The SMILES string of the molecule is CCCCCCCCCCCCCCCCCCCCCC(=O)N[C@@H](COP(=O)(O)OC1C(O)C(O)C(O)[C@@H](O)C1O)[C@H](O)CCCCCCCCCCCCCCCC. The predicted octanol–water partition coefficient (Wildman–Crippen LogP) is 9.85. The molecule has 0 heterocycles. The summed E-state index contributed by atoms with van der Waals surface area (Å²) >= 11 is 0. The number of unbranched alkanes of at least 4 members (excludes halogenated alkanes) is 31. The second-order valence-electron chi connectivity index (χ2n) is 18.0. The summed E-state index contributed by atoms with van der Waals surface area (Å²) in [4.78, 5) is 23.4. The van der Waals surface area contributed by atoms with Gasteiger partial charge in [0.2, 0.25) is 5.91 Å². The number of carbonyl (C=O) groups excluding carboxylic acids is 1. The van der Waals surface area contributed by atoms with Gasteiger partial charge in [-0.05, 0) is 12.8 Å². The van der Waals surface area contributed by atoms with Gasteiger partial charge in [-0.15, -0.1) is 0 Å². The Kier molecular flexibility index (Phi) is 36.0. The fourth-order valence-electron chi connectivity index (χ4n) is 8.32. The molecule has 60 heavy (non-hydrogen) atoms. The van der Waals surface area contributed by atoms with E-state index in [1.807, 2.05) is 0 Å². The molecule has 358 valence electrons. The van der Waals surface area contributed by atoms with Crippen LogP contribution in [0.3, 0.4) is 0 Å². The number of hydrogen-bond acceptors (Lipinski definition) is 10. The summed E-state index contributed by atoms with van der Waals surface area (Å²) in [5, 5.41) is 64.2. The number of carbonyl (C=O) groups is 1. The monoisotopic (exact) mass is 880 g/mol. The molecule has 0 spiro atoms. The van der Waals surface area contributed by atoms with Gasteiger partial charge in [0.25, 0.3) is 0 Å². The Bertz CT molecular complexity index is 1030. The molecular weight excluding hydrogens is 785 g/mol. The van der Waals surface area contributed by atoms with Crippen molar-refractivity contribution in [3.05, 3.63) is 0 Å². The van der Waals surface area contributed by atoms with Crippen molar-refractivity contribution in [2.75, 3.05) is 6.61 Å². The topological polar surface area (TPSA) is 206 Å². The van der Waals surface area contributed by atoms with Crippen molar-refractivity contribution in [1.82, 2.24) is 5.32 Å². The summed E-state index contributed by atoms with van der Waals surface area (Å²) in [5.41, 5.74) is 0. The highest BCUT2D eigenvalue weighted by molar-refractivity contribution is 7.47. The Labute approximate surface area is 366 Å². The third kappa shape index (κ3) is 28.9. The first-order valence-electron chi connectivity index (χ1n) is 25.0. The molecule has 0 aromatic carbocycles. The molecular formula is C47H94NO11P. The van der Waals surface area contributed by atoms with Crippen LogP contribution in [0.5, 0.6) is 0 Å². The first-order chi connectivity index (χ1) is 28.9. The molecule has 1 amide bonds. The molecule has 0 aromatic rings. The number of rotatable bonds is 42. The second-order valence-corrected chi connectivity index (χ2v) is 19.4. The number of phosphoric ester groups is 1. The predicted molar refractivity (Wildman–Crippen MR) is 242 cm³/mol. The van der Waals surface area contributed by atoms with E-state index < -0.39 is 63.2 Å². The first-order valence-corrected chi connectivity index (χ1v) is 26.5. The maximum Gasteiger partial charge on any atom is 0.472 e. The minimum atomic E-state index is -5.05. The number of hydrogen-bond donors (Lipinski definition) is 8. The molecule has 1 saturated carbocycles. The summed E-state index contributed by atoms with van der Waals surface area (Å²) in [6, 6.07) is -1.02. The van der Waals surface area contributed by atoms with Crippen LogP contribution in [0.25, 0.3) is 0 Å². The Hall–Kier alpha value is -0.660. The highest BCUT2D eigenvalue weighted by atomic mass is 31.2. The third-order valence-corrected chi connectivity index (χ3v) is 13.4. The fraction of sp³-hybridized carbons (Fsp3) is 0.979. The van der Waals surface area contributed by atoms with Crippen LogP contribution < -0.4 is 5.32 Å². The van der Waals surface area contributed by atoms with Crippen LogP contribution in [0.1, 0.15) is 239 Å². The Morgan fingerprint density at radius 2 is 0.800 bits per heavy atom. The molecule has 0 bridgehead atoms. The number of aliphatic hydroxyl groups is 6. The highest BCUT2D eigenvalue weighted by Crippen LogP contribution is 2.47. The van der Waals surface area contributed by atoms with Crippen LogP contribution in [-0.2, 0) is 18.4 Å². The fourth-order valence-corrected chi connectivity index (χ4v) is 9.29. The van der Waals surface area contributed by atoms with Crippen LogP contribution in [0.15, 0.2) is 0 Å². The molecule has 1 aliphatic carbocycles. The van der Waals surface area contributed by atoms with Crippen LogP contribution in [0.4, 0.5) is 0 Å². The number of nitrogens with one attached hydrogen (secondary N) is 1. The average molecular weight is 880 g/mol. The van der Waals surface area contributed by atoms with Gasteiger partial charge in [0.05, 0.1) is 18.8 Å². The minimum absolute atomic E-state index is 0.243. The van der Waals surface area contributed by atoms with Crippen molar-refractivity contribution in [2.45, 2.75) is 287 Å². The van der Waals surface area contributed by atoms with Crippen molar-refractivity contribution in [3.8, 4) is 0 Å². The van der Waals surface area contributed by atoms with Crippen molar-refractivity contribution in [3.63, 3.8) is 0 Å². The van der Waals surface area contributed by atoms with Crippen molar-refractivity contribution in [1.29, 1.82) is 0 Å². The van der Waals surface area contributed by atoms with E-state index in [1.165, 1.54) is 161 Å². The molecule has 0 saturated heterocycles. The summed E-state index contributed by atoms with van der Waals surface area (Å²) in [7, 11) is -5.05. The van der Waals surface area contributed by atoms with Gasteiger partial charge in [-0.1, -0.05) is 219 Å². The second kappa shape index (κ2) is 37.7. The van der Waals surface area contributed by atoms with E-state index in [1.54, 1.807) is 0 Å². The highest BCUT2D eigenvalue weighted by Gasteiger charge is 2.51. The summed E-state index contributed by atoms with van der Waals surface area (Å²) in [6.07, 6.45) is 28.4. The lowest BCUT2D eigenvalue weighted by molar-refractivity contribution is -0.220. The van der Waals surface area contributed by atoms with Crippen LogP contribution in [-0.4, -0.2) is 96.8 Å². The molecule has 1 fully saturated rings. The molecule has 0 radical (unpaired) electrons. The molecule has 9 atom stereocenters. The number of aliphatic hydroxyl groups excluding tert-OH is 6. The Balaban J connectivity index is 2.40. The molecule has 8 N–H and O–H groups in total. The minimum Gasteiger partial charge on any atom is -0.391 e. The summed E-state index contributed by atoms with van der Waals surface area (Å²) < 4.78 is 23.0. The Morgan fingerprint density at radius 1 is 0.500 bits per heavy atom. The van der Waals surface area contributed by atoms with Gasteiger partial charge in [-0.3, -0.25) is 13.8 Å². The van der Waals surface area contributed by atoms with Crippen LogP contribution in [0.2, 0.25) is 0 Å². The lowest BCUT2D eigenvalue weighted by Gasteiger charge is -2.41. The molecule has 12 nitrogen and oxygen atoms in total. The first kappa shape index (κ1) is 57.4. The molecule has 0 aromatic heterocycles. The maximum atomic E-state index is 13.0. The van der Waals surface area contributed by atoms with Crippen molar-refractivity contribution < 1.29 is 53.9 Å². The maximum absolute atomic E-state index is 13.0. The zero-order valence-electron chi connectivity index (χ0n) is 38.3. The van der Waals surface area contributed by atoms with Gasteiger partial charge in [0, 0.05) is 6.42 Å². The van der Waals surface area contributed by atoms with E-state index in [0.717, 1.165) is 38.5 Å². The quantitative estimate of drug-likeness (QED) is 0.0214. The van der Waals surface area contributed by atoms with Crippen molar-refractivity contribution >= 4 is 13.7 Å². The van der Waals surface area contributed by atoms with E-state index in [4.69, 9.17) is 9.05 Å². The number of phosphoric acid groups is 1. The van der Waals surface area contributed by atoms with Gasteiger partial charge in [-0.25, -0.2) is 4.57 Å². The van der Waals surface area contributed by atoms with E-state index in [9.17, 15) is 44.9 Å². The van der Waals surface area contributed by atoms with Gasteiger partial charge in [-0.2, -0.15) is 0 Å². The van der Waals surface area contributed by atoms with Crippen LogP contribution >= 0.6 is 7.82 Å². The van der Waals surface area contributed by atoms with Crippen LogP contribution in [0, 0.1) is 0 Å². The van der Waals surface area contributed by atoms with Gasteiger partial charge < -0.3 is 40.8 Å². The Morgan fingerprint density at radius 3 is 1.15 bits per heavy atom. The number of amides is 1. The zero-order valence-corrected chi connectivity index (χ0v) is 39.2. The molecule has 1 aliphatic rings. The molecule has 13 heteroatoms. The van der Waals surface area contributed by atoms with E-state index in [2.05, 4.69) is 19.2 Å². The van der Waals surface area contributed by atoms with Crippen molar-refractivity contribution in [2.24, 2.45) is 0 Å². The lowest BCUT2D eigenvalue weighted by atomic mass is 9.85. The molecule has 0 aliphatic heterocycles. The summed E-state index contributed by atoms with van der Waals surface area (Å²) in [6.45, 7) is 3.91.